The number of amides is 1. The van der Waals surface area contributed by atoms with Gasteiger partial charge in [-0.3, -0.25) is 4.79 Å². The van der Waals surface area contributed by atoms with Crippen LogP contribution < -0.4 is 11.1 Å². The fourth-order valence-electron chi connectivity index (χ4n) is 2.51. The summed E-state index contributed by atoms with van der Waals surface area (Å²) in [5.41, 5.74) is 6.47. The second kappa shape index (κ2) is 5.57. The minimum atomic E-state index is -0.494. The van der Waals surface area contributed by atoms with E-state index in [0.717, 1.165) is 19.4 Å². The van der Waals surface area contributed by atoms with Crippen LogP contribution in [0.1, 0.15) is 28.8 Å². The van der Waals surface area contributed by atoms with Gasteiger partial charge in [0.1, 0.15) is 5.82 Å². The number of nitrogen functional groups attached to an aromatic ring is 1. The van der Waals surface area contributed by atoms with Crippen molar-refractivity contribution in [2.24, 2.45) is 0 Å². The zero-order chi connectivity index (χ0) is 14.0. The maximum atomic E-state index is 13.9. The number of aryl methyl sites for hydroxylation is 1. The molecule has 19 heavy (non-hydrogen) atoms. The molecule has 1 aliphatic rings. The van der Waals surface area contributed by atoms with Gasteiger partial charge in [0.2, 0.25) is 0 Å². The summed E-state index contributed by atoms with van der Waals surface area (Å²) in [6.07, 6.45) is 2.21. The number of halogens is 1. The Bertz CT molecular complexity index is 490. The van der Waals surface area contributed by atoms with Gasteiger partial charge in [-0.1, -0.05) is 0 Å². The van der Waals surface area contributed by atoms with Gasteiger partial charge in [-0.25, -0.2) is 4.39 Å². The molecule has 0 radical (unpaired) electrons. The molecule has 0 aliphatic carbocycles. The van der Waals surface area contributed by atoms with E-state index in [2.05, 4.69) is 10.2 Å². The molecule has 1 aromatic carbocycles. The molecule has 0 spiro atoms. The van der Waals surface area contributed by atoms with E-state index >= 15 is 0 Å². The van der Waals surface area contributed by atoms with E-state index in [0.29, 0.717) is 23.8 Å². The highest BCUT2D eigenvalue weighted by Crippen LogP contribution is 2.18. The summed E-state index contributed by atoms with van der Waals surface area (Å²) in [5, 5.41) is 2.79. The third-order valence-corrected chi connectivity index (χ3v) is 3.69. The average molecular weight is 265 g/mol. The normalized spacial score (nSPS) is 19.6. The van der Waals surface area contributed by atoms with E-state index in [1.165, 1.54) is 12.1 Å². The summed E-state index contributed by atoms with van der Waals surface area (Å²) in [4.78, 5) is 14.2. The first-order valence-corrected chi connectivity index (χ1v) is 6.53. The molecule has 1 fully saturated rings. The number of anilines is 1. The van der Waals surface area contributed by atoms with E-state index in [9.17, 15) is 9.18 Å². The predicted octanol–water partition coefficient (Wildman–Crippen LogP) is 1.54. The summed E-state index contributed by atoms with van der Waals surface area (Å²) in [7, 11) is 2.04. The van der Waals surface area contributed by atoms with Crippen LogP contribution in [0.3, 0.4) is 0 Å². The number of carbonyl (C=O) groups excluding carboxylic acids is 1. The lowest BCUT2D eigenvalue weighted by atomic mass is 10.1. The molecule has 1 amide bonds. The molecule has 1 saturated heterocycles. The van der Waals surface area contributed by atoms with Gasteiger partial charge in [-0.2, -0.15) is 0 Å². The molecule has 4 nitrogen and oxygen atoms in total. The van der Waals surface area contributed by atoms with Gasteiger partial charge in [0.25, 0.3) is 5.91 Å². The second-order valence-electron chi connectivity index (χ2n) is 5.19. The zero-order valence-corrected chi connectivity index (χ0v) is 11.4. The van der Waals surface area contributed by atoms with Gasteiger partial charge in [0.15, 0.2) is 0 Å². The van der Waals surface area contributed by atoms with Crippen molar-refractivity contribution in [3.05, 3.63) is 29.1 Å². The fourth-order valence-corrected chi connectivity index (χ4v) is 2.51. The predicted molar refractivity (Wildman–Crippen MR) is 73.5 cm³/mol. The van der Waals surface area contributed by atoms with E-state index < -0.39 is 11.7 Å². The molecule has 0 aromatic heterocycles. The molecule has 1 aromatic rings. The van der Waals surface area contributed by atoms with E-state index in [4.69, 9.17) is 5.73 Å². The van der Waals surface area contributed by atoms with Crippen molar-refractivity contribution in [2.45, 2.75) is 25.8 Å². The maximum Gasteiger partial charge on any atom is 0.254 e. The molecule has 1 unspecified atom stereocenters. The molecular formula is C14H20FN3O. The van der Waals surface area contributed by atoms with E-state index in [1.807, 2.05) is 7.05 Å². The molecular weight excluding hydrogens is 245 g/mol. The van der Waals surface area contributed by atoms with Crippen molar-refractivity contribution in [1.29, 1.82) is 0 Å². The van der Waals surface area contributed by atoms with Crippen LogP contribution in [0.15, 0.2) is 12.1 Å². The summed E-state index contributed by atoms with van der Waals surface area (Å²) >= 11 is 0. The summed E-state index contributed by atoms with van der Waals surface area (Å²) in [6, 6.07) is 3.25. The summed E-state index contributed by atoms with van der Waals surface area (Å²) in [6.45, 7) is 3.20. The quantitative estimate of drug-likeness (QED) is 0.815. The number of rotatable bonds is 3. The van der Waals surface area contributed by atoms with Crippen LogP contribution in [0.25, 0.3) is 0 Å². The number of nitrogens with two attached hydrogens (primary N) is 1. The number of nitrogens with one attached hydrogen (secondary N) is 1. The Kier molecular flexibility index (Phi) is 4.04. The van der Waals surface area contributed by atoms with Crippen molar-refractivity contribution >= 4 is 11.6 Å². The lowest BCUT2D eigenvalue weighted by Crippen LogP contribution is -2.38. The number of hydrogen-bond acceptors (Lipinski definition) is 3. The Morgan fingerprint density at radius 3 is 2.95 bits per heavy atom. The van der Waals surface area contributed by atoms with Crippen LogP contribution in [-0.4, -0.2) is 37.0 Å². The lowest BCUT2D eigenvalue weighted by molar-refractivity contribution is 0.0939. The molecule has 1 heterocycles. The Morgan fingerprint density at radius 2 is 2.32 bits per heavy atom. The van der Waals surface area contributed by atoms with Gasteiger partial charge < -0.3 is 16.0 Å². The van der Waals surface area contributed by atoms with E-state index in [-0.39, 0.29) is 5.56 Å². The average Bonchev–Trinajstić information content (AvgIpc) is 2.76. The molecule has 1 atom stereocenters. The zero-order valence-electron chi connectivity index (χ0n) is 11.4. The first-order valence-electron chi connectivity index (χ1n) is 6.53. The molecule has 5 heteroatoms. The number of hydrogen-bond donors (Lipinski definition) is 2. The monoisotopic (exact) mass is 265 g/mol. The Labute approximate surface area is 112 Å². The molecule has 2 rings (SSSR count). The van der Waals surface area contributed by atoms with Crippen molar-refractivity contribution in [2.75, 3.05) is 25.9 Å². The number of likely N-dealkylation sites (tertiary alicyclic amines) is 1. The van der Waals surface area contributed by atoms with Crippen LogP contribution in [0, 0.1) is 12.7 Å². The largest absolute Gasteiger partial charge is 0.399 e. The van der Waals surface area contributed by atoms with Crippen molar-refractivity contribution < 1.29 is 9.18 Å². The number of carbonyl (C=O) groups is 1. The number of likely N-dealkylation sites (N-methyl/N-ethyl adjacent to an activating group) is 1. The molecule has 1 aliphatic heterocycles. The standard InChI is InChI=1S/C14H20FN3O/c1-9-6-10(16)7-12(13(9)15)14(19)17-8-11-4-3-5-18(11)2/h6-7,11H,3-5,8,16H2,1-2H3,(H,17,19). The van der Waals surface area contributed by atoms with Crippen LogP contribution in [0.2, 0.25) is 0 Å². The smallest absolute Gasteiger partial charge is 0.254 e. The van der Waals surface area contributed by atoms with Gasteiger partial charge in [0.05, 0.1) is 5.56 Å². The van der Waals surface area contributed by atoms with Gasteiger partial charge in [-0.05, 0) is 51.1 Å². The van der Waals surface area contributed by atoms with Crippen LogP contribution >= 0.6 is 0 Å². The summed E-state index contributed by atoms with van der Waals surface area (Å²) < 4.78 is 13.9. The summed E-state index contributed by atoms with van der Waals surface area (Å²) in [5.74, 6) is -0.889. The lowest BCUT2D eigenvalue weighted by Gasteiger charge is -2.19. The first-order chi connectivity index (χ1) is 8.99. The Balaban J connectivity index is 2.04. The third-order valence-electron chi connectivity index (χ3n) is 3.69. The minimum absolute atomic E-state index is 0.0261. The topological polar surface area (TPSA) is 58.4 Å². The van der Waals surface area contributed by atoms with Gasteiger partial charge >= 0.3 is 0 Å². The first kappa shape index (κ1) is 13.8. The molecule has 0 bridgehead atoms. The number of nitrogens with zero attached hydrogens (tertiary/aromatic N) is 1. The molecule has 104 valence electrons. The molecule has 0 saturated carbocycles. The highest BCUT2D eigenvalue weighted by atomic mass is 19.1. The van der Waals surface area contributed by atoms with Gasteiger partial charge in [0, 0.05) is 18.3 Å². The van der Waals surface area contributed by atoms with Crippen LogP contribution in [-0.2, 0) is 0 Å². The maximum absolute atomic E-state index is 13.9. The fraction of sp³-hybridized carbons (Fsp3) is 0.500. The van der Waals surface area contributed by atoms with Crippen LogP contribution in [0.4, 0.5) is 10.1 Å². The highest BCUT2D eigenvalue weighted by Gasteiger charge is 2.22. The molecule has 3 N–H and O–H groups in total. The van der Waals surface area contributed by atoms with Crippen molar-refractivity contribution in [3.8, 4) is 0 Å². The highest BCUT2D eigenvalue weighted by molar-refractivity contribution is 5.95. The Morgan fingerprint density at radius 1 is 1.58 bits per heavy atom. The SMILES string of the molecule is Cc1cc(N)cc(C(=O)NCC2CCCN2C)c1F. The van der Waals surface area contributed by atoms with Gasteiger partial charge in [-0.15, -0.1) is 0 Å². The minimum Gasteiger partial charge on any atom is -0.399 e. The van der Waals surface area contributed by atoms with Crippen molar-refractivity contribution in [1.82, 2.24) is 10.2 Å². The van der Waals surface area contributed by atoms with Crippen molar-refractivity contribution in [3.63, 3.8) is 0 Å². The van der Waals surface area contributed by atoms with Crippen LogP contribution in [0.5, 0.6) is 0 Å². The Hall–Kier alpha value is -1.62. The number of benzene rings is 1. The van der Waals surface area contributed by atoms with E-state index in [1.54, 1.807) is 6.92 Å². The second-order valence-corrected chi connectivity index (χ2v) is 5.19. The third kappa shape index (κ3) is 3.04.